The predicted molar refractivity (Wildman–Crippen MR) is 214 cm³/mol. The summed E-state index contributed by atoms with van der Waals surface area (Å²) in [6, 6.07) is -2.05. The third-order valence-electron chi connectivity index (χ3n) is 8.87. The fourth-order valence-electron chi connectivity index (χ4n) is 5.62. The number of hydrogen-bond acceptors (Lipinski definition) is 12. The van der Waals surface area contributed by atoms with Crippen molar-refractivity contribution in [3.8, 4) is 0 Å². The standard InChI is InChI=1S/C40H70N4O15/c45-29-32(17-20-39(52)53)43-37(49)31-59-28-26-57-24-22-42-36(48)30-58-27-25-56-23-21-41-34(46)19-18-33(40(54)55)44-35(47)15-13-11-9-7-5-3-1-2-4-6-8-10-12-14-16-38(50)51/h29,32-33H,1-28,30-31H2,(H,41,46)(H,42,48)(H,43,49)(H,44,47)(H,50,51)(H,52,53)(H,54,55). The number of carbonyl (C=O) groups excluding carboxylic acids is 5. The number of amides is 4. The van der Waals surface area contributed by atoms with Gasteiger partial charge in [0.25, 0.3) is 0 Å². The maximum Gasteiger partial charge on any atom is 0.326 e. The van der Waals surface area contributed by atoms with E-state index in [1.807, 2.05) is 0 Å². The molecule has 0 aromatic heterocycles. The number of carboxylic acids is 3. The van der Waals surface area contributed by atoms with E-state index in [2.05, 4.69) is 21.3 Å². The van der Waals surface area contributed by atoms with Crippen LogP contribution in [0.3, 0.4) is 0 Å². The van der Waals surface area contributed by atoms with Gasteiger partial charge in [-0.1, -0.05) is 77.0 Å². The molecular weight excluding hydrogens is 776 g/mol. The smallest absolute Gasteiger partial charge is 0.326 e. The molecule has 19 heteroatoms. The van der Waals surface area contributed by atoms with Crippen LogP contribution >= 0.6 is 0 Å². The Morgan fingerprint density at radius 2 is 0.881 bits per heavy atom. The Labute approximate surface area is 347 Å². The molecule has 0 saturated carbocycles. The van der Waals surface area contributed by atoms with Crippen molar-refractivity contribution in [2.45, 2.75) is 141 Å². The molecule has 0 rings (SSSR count). The molecule has 0 fully saturated rings. The largest absolute Gasteiger partial charge is 0.481 e. The number of carboxylic acid groups (broad SMARTS) is 3. The van der Waals surface area contributed by atoms with Crippen molar-refractivity contribution >= 4 is 47.8 Å². The Balaban J connectivity index is 3.70. The van der Waals surface area contributed by atoms with E-state index in [0.29, 0.717) is 12.7 Å². The van der Waals surface area contributed by atoms with Crippen molar-refractivity contribution in [1.82, 2.24) is 21.3 Å². The number of hydrogen-bond donors (Lipinski definition) is 7. The molecule has 2 atom stereocenters. The summed E-state index contributed by atoms with van der Waals surface area (Å²) >= 11 is 0. The van der Waals surface area contributed by atoms with Crippen LogP contribution in [-0.2, 0) is 57.3 Å². The Morgan fingerprint density at radius 1 is 0.441 bits per heavy atom. The van der Waals surface area contributed by atoms with Gasteiger partial charge in [-0.2, -0.15) is 0 Å². The fourth-order valence-corrected chi connectivity index (χ4v) is 5.62. The van der Waals surface area contributed by atoms with Crippen LogP contribution in [0.15, 0.2) is 0 Å². The number of ether oxygens (including phenoxy) is 4. The second-order valence-electron chi connectivity index (χ2n) is 14.1. The van der Waals surface area contributed by atoms with Crippen molar-refractivity contribution in [2.75, 3.05) is 65.9 Å². The number of rotatable bonds is 43. The molecule has 0 radical (unpaired) electrons. The van der Waals surface area contributed by atoms with Crippen molar-refractivity contribution in [3.05, 3.63) is 0 Å². The summed E-state index contributed by atoms with van der Waals surface area (Å²) in [5, 5.41) is 36.9. The van der Waals surface area contributed by atoms with E-state index in [-0.39, 0.29) is 122 Å². The van der Waals surface area contributed by atoms with Crippen LogP contribution in [0.5, 0.6) is 0 Å². The van der Waals surface area contributed by atoms with E-state index in [0.717, 1.165) is 44.9 Å². The normalized spacial score (nSPS) is 11.9. The Morgan fingerprint density at radius 3 is 1.36 bits per heavy atom. The van der Waals surface area contributed by atoms with E-state index < -0.39 is 35.9 Å². The molecular formula is C40H70N4O15. The van der Waals surface area contributed by atoms with E-state index >= 15 is 0 Å². The highest BCUT2D eigenvalue weighted by Crippen LogP contribution is 2.14. The van der Waals surface area contributed by atoms with Gasteiger partial charge >= 0.3 is 17.9 Å². The number of nitrogens with one attached hydrogen (secondary N) is 4. The maximum atomic E-state index is 12.3. The van der Waals surface area contributed by atoms with Crippen LogP contribution < -0.4 is 21.3 Å². The van der Waals surface area contributed by atoms with Crippen molar-refractivity contribution in [3.63, 3.8) is 0 Å². The second-order valence-corrected chi connectivity index (χ2v) is 14.1. The number of carbonyl (C=O) groups is 8. The lowest BCUT2D eigenvalue weighted by Crippen LogP contribution is -2.41. The monoisotopic (exact) mass is 846 g/mol. The van der Waals surface area contributed by atoms with E-state index in [1.165, 1.54) is 38.5 Å². The third-order valence-corrected chi connectivity index (χ3v) is 8.87. The van der Waals surface area contributed by atoms with Gasteiger partial charge in [0, 0.05) is 38.8 Å². The summed E-state index contributed by atoms with van der Waals surface area (Å²) in [5.74, 6) is -4.62. The van der Waals surface area contributed by atoms with Gasteiger partial charge in [-0.3, -0.25) is 28.8 Å². The van der Waals surface area contributed by atoms with Crippen LogP contribution in [0.1, 0.15) is 128 Å². The minimum Gasteiger partial charge on any atom is -0.481 e. The molecule has 0 heterocycles. The van der Waals surface area contributed by atoms with Crippen LogP contribution in [-0.4, -0.2) is 141 Å². The maximum absolute atomic E-state index is 12.3. The molecule has 0 aromatic rings. The Hall–Kier alpha value is -4.20. The van der Waals surface area contributed by atoms with Crippen LogP contribution in [0.25, 0.3) is 0 Å². The lowest BCUT2D eigenvalue weighted by atomic mass is 10.0. The first kappa shape index (κ1) is 54.8. The van der Waals surface area contributed by atoms with Crippen LogP contribution in [0.4, 0.5) is 0 Å². The average Bonchev–Trinajstić information content (AvgIpc) is 3.19. The summed E-state index contributed by atoms with van der Waals surface area (Å²) in [4.78, 5) is 91.7. The zero-order chi connectivity index (χ0) is 43.8. The van der Waals surface area contributed by atoms with E-state index in [9.17, 15) is 43.5 Å². The topological polar surface area (TPSA) is 282 Å². The predicted octanol–water partition coefficient (Wildman–Crippen LogP) is 2.51. The zero-order valence-corrected chi connectivity index (χ0v) is 34.7. The lowest BCUT2D eigenvalue weighted by Gasteiger charge is -2.14. The van der Waals surface area contributed by atoms with Gasteiger partial charge in [-0.05, 0) is 25.7 Å². The molecule has 0 aliphatic carbocycles. The lowest BCUT2D eigenvalue weighted by molar-refractivity contribution is -0.142. The highest BCUT2D eigenvalue weighted by Gasteiger charge is 2.21. The fraction of sp³-hybridized carbons (Fsp3) is 0.800. The quantitative estimate of drug-likeness (QED) is 0.0343. The summed E-state index contributed by atoms with van der Waals surface area (Å²) in [6.45, 7) is 0.819. The highest BCUT2D eigenvalue weighted by molar-refractivity contribution is 5.84. The molecule has 4 amide bonds. The first-order valence-electron chi connectivity index (χ1n) is 21.0. The summed E-state index contributed by atoms with van der Waals surface area (Å²) in [6.07, 6.45) is 15.5. The molecule has 59 heavy (non-hydrogen) atoms. The Bertz CT molecular complexity index is 1190. The van der Waals surface area contributed by atoms with Gasteiger partial charge in [-0.25, -0.2) is 4.79 Å². The van der Waals surface area contributed by atoms with Gasteiger partial charge in [0.1, 0.15) is 25.5 Å². The molecule has 0 saturated heterocycles. The van der Waals surface area contributed by atoms with Crippen LogP contribution in [0, 0.1) is 0 Å². The van der Waals surface area contributed by atoms with Crippen molar-refractivity contribution in [1.29, 1.82) is 0 Å². The molecule has 19 nitrogen and oxygen atoms in total. The van der Waals surface area contributed by atoms with Crippen molar-refractivity contribution < 1.29 is 72.6 Å². The summed E-state index contributed by atoms with van der Waals surface area (Å²) in [7, 11) is 0. The summed E-state index contributed by atoms with van der Waals surface area (Å²) in [5.41, 5.74) is 0. The summed E-state index contributed by atoms with van der Waals surface area (Å²) < 4.78 is 21.0. The van der Waals surface area contributed by atoms with Gasteiger partial charge in [-0.15, -0.1) is 0 Å². The van der Waals surface area contributed by atoms with Crippen molar-refractivity contribution in [2.24, 2.45) is 0 Å². The molecule has 0 aliphatic heterocycles. The molecule has 340 valence electrons. The first-order chi connectivity index (χ1) is 28.4. The molecule has 7 N–H and O–H groups in total. The number of unbranched alkanes of at least 4 members (excludes halogenated alkanes) is 13. The minimum atomic E-state index is -1.20. The molecule has 0 aliphatic rings. The minimum absolute atomic E-state index is 0.0144. The van der Waals surface area contributed by atoms with Gasteiger partial charge in [0.05, 0.1) is 45.7 Å². The molecule has 0 spiro atoms. The average molecular weight is 847 g/mol. The van der Waals surface area contributed by atoms with E-state index in [4.69, 9.17) is 29.2 Å². The highest BCUT2D eigenvalue weighted by atomic mass is 16.5. The van der Waals surface area contributed by atoms with Gasteiger partial charge in [0.2, 0.25) is 23.6 Å². The number of aliphatic carboxylic acids is 3. The van der Waals surface area contributed by atoms with Crippen LogP contribution in [0.2, 0.25) is 0 Å². The van der Waals surface area contributed by atoms with Gasteiger partial charge in [0.15, 0.2) is 0 Å². The Kier molecular flexibility index (Phi) is 36.5. The third kappa shape index (κ3) is 39.1. The first-order valence-corrected chi connectivity index (χ1v) is 21.0. The SMILES string of the molecule is O=CC(CCC(=O)O)NC(=O)COCCOCCNC(=O)COCCOCCNC(=O)CCC(NC(=O)CCCCCCCCCCCCCCCCC(=O)O)C(=O)O. The molecule has 0 bridgehead atoms. The van der Waals surface area contributed by atoms with E-state index in [1.54, 1.807) is 0 Å². The van der Waals surface area contributed by atoms with Gasteiger partial charge < -0.3 is 60.3 Å². The molecule has 0 aromatic carbocycles. The second kappa shape index (κ2) is 39.3. The molecule has 2 unspecified atom stereocenters. The zero-order valence-electron chi connectivity index (χ0n) is 34.7. The number of aldehydes is 1.